The number of thioether (sulfide) groups is 1. The number of hydrogen-bond acceptors (Lipinski definition) is 6. The zero-order chi connectivity index (χ0) is 22.5. The van der Waals surface area contributed by atoms with Gasteiger partial charge in [-0.3, -0.25) is 19.4 Å². The molecule has 0 fully saturated rings. The van der Waals surface area contributed by atoms with Crippen LogP contribution in [0, 0.1) is 11.6 Å². The first-order valence-corrected chi connectivity index (χ1v) is 9.93. The molecule has 160 valence electrons. The number of rotatable bonds is 6. The molecule has 3 rings (SSSR count). The Morgan fingerprint density at radius 3 is 2.58 bits per heavy atom. The van der Waals surface area contributed by atoms with Crippen LogP contribution in [-0.4, -0.2) is 27.5 Å². The number of aromatic amines is 1. The van der Waals surface area contributed by atoms with Crippen LogP contribution in [-0.2, 0) is 4.79 Å². The number of anilines is 3. The Hall–Kier alpha value is -3.44. The third-order valence-corrected chi connectivity index (χ3v) is 4.90. The van der Waals surface area contributed by atoms with Crippen molar-refractivity contribution in [2.45, 2.75) is 5.16 Å². The van der Waals surface area contributed by atoms with Gasteiger partial charge >= 0.3 is 0 Å². The predicted molar refractivity (Wildman–Crippen MR) is 114 cm³/mol. The van der Waals surface area contributed by atoms with E-state index in [2.05, 4.69) is 20.6 Å². The van der Waals surface area contributed by atoms with E-state index in [1.165, 1.54) is 0 Å². The van der Waals surface area contributed by atoms with E-state index in [0.717, 1.165) is 23.9 Å². The average molecular weight is 466 g/mol. The summed E-state index contributed by atoms with van der Waals surface area (Å²) in [6.07, 6.45) is 0. The maximum atomic E-state index is 13.3. The van der Waals surface area contributed by atoms with E-state index in [9.17, 15) is 23.2 Å². The Morgan fingerprint density at radius 1 is 1.13 bits per heavy atom. The molecule has 0 aliphatic carbocycles. The highest BCUT2D eigenvalue weighted by atomic mass is 35.5. The highest BCUT2D eigenvalue weighted by Crippen LogP contribution is 2.19. The number of nitrogens with two attached hydrogens (primary N) is 1. The van der Waals surface area contributed by atoms with E-state index >= 15 is 0 Å². The first kappa shape index (κ1) is 22.2. The van der Waals surface area contributed by atoms with Crippen LogP contribution in [0.3, 0.4) is 0 Å². The highest BCUT2D eigenvalue weighted by Gasteiger charge is 2.16. The number of benzene rings is 2. The fraction of sp³-hybridized carbons (Fsp3) is 0.0526. The molecule has 0 unspecified atom stereocenters. The minimum Gasteiger partial charge on any atom is -0.382 e. The number of nitrogen functional groups attached to an aromatic ring is 1. The summed E-state index contributed by atoms with van der Waals surface area (Å²) in [5, 5.41) is 5.36. The SMILES string of the molecule is Nc1nc(SCC(=O)Nc2cccc(Cl)c2)[nH]c(=O)c1NC(=O)c1ccc(F)c(F)c1. The molecule has 0 spiro atoms. The van der Waals surface area contributed by atoms with Crippen LogP contribution in [0.4, 0.5) is 26.0 Å². The lowest BCUT2D eigenvalue weighted by Crippen LogP contribution is -2.23. The van der Waals surface area contributed by atoms with Gasteiger partial charge in [0.05, 0.1) is 5.75 Å². The predicted octanol–water partition coefficient (Wildman–Crippen LogP) is 3.27. The molecule has 1 aromatic heterocycles. The molecule has 2 amide bonds. The first-order valence-electron chi connectivity index (χ1n) is 8.57. The zero-order valence-corrected chi connectivity index (χ0v) is 17.1. The minimum absolute atomic E-state index is 0.0505. The van der Waals surface area contributed by atoms with Crippen LogP contribution in [0.5, 0.6) is 0 Å². The van der Waals surface area contributed by atoms with Crippen molar-refractivity contribution in [3.05, 3.63) is 75.0 Å². The molecule has 0 atom stereocenters. The summed E-state index contributed by atoms with van der Waals surface area (Å²) in [4.78, 5) is 42.8. The minimum atomic E-state index is -1.21. The number of H-pyrrole nitrogens is 1. The van der Waals surface area contributed by atoms with Gasteiger partial charge in [0, 0.05) is 16.3 Å². The normalized spacial score (nSPS) is 10.5. The number of nitrogens with zero attached hydrogens (tertiary/aromatic N) is 1. The number of halogens is 3. The summed E-state index contributed by atoms with van der Waals surface area (Å²) in [5.41, 5.74) is 4.90. The van der Waals surface area contributed by atoms with Gasteiger partial charge in [-0.15, -0.1) is 0 Å². The molecule has 1 heterocycles. The molecule has 0 radical (unpaired) electrons. The van der Waals surface area contributed by atoms with Gasteiger partial charge in [-0.25, -0.2) is 13.8 Å². The second kappa shape index (κ2) is 9.58. The van der Waals surface area contributed by atoms with Crippen LogP contribution in [0.25, 0.3) is 0 Å². The van der Waals surface area contributed by atoms with Gasteiger partial charge in [0.15, 0.2) is 22.6 Å². The lowest BCUT2D eigenvalue weighted by Gasteiger charge is -2.09. The third-order valence-electron chi connectivity index (χ3n) is 3.79. The molecule has 0 aliphatic rings. The van der Waals surface area contributed by atoms with E-state index in [-0.39, 0.29) is 33.9 Å². The number of aromatic nitrogens is 2. The number of amides is 2. The van der Waals surface area contributed by atoms with E-state index in [1.54, 1.807) is 24.3 Å². The fourth-order valence-electron chi connectivity index (χ4n) is 2.38. The fourth-order valence-corrected chi connectivity index (χ4v) is 3.24. The van der Waals surface area contributed by atoms with Crippen molar-refractivity contribution in [1.82, 2.24) is 9.97 Å². The van der Waals surface area contributed by atoms with Crippen LogP contribution in [0.2, 0.25) is 5.02 Å². The van der Waals surface area contributed by atoms with Gasteiger partial charge in [0.1, 0.15) is 5.69 Å². The first-order chi connectivity index (χ1) is 14.7. The molecule has 31 heavy (non-hydrogen) atoms. The van der Waals surface area contributed by atoms with Crippen molar-refractivity contribution < 1.29 is 18.4 Å². The van der Waals surface area contributed by atoms with E-state index in [4.69, 9.17) is 17.3 Å². The maximum absolute atomic E-state index is 13.3. The third kappa shape index (κ3) is 5.80. The summed E-state index contributed by atoms with van der Waals surface area (Å²) >= 11 is 6.77. The van der Waals surface area contributed by atoms with E-state index in [0.29, 0.717) is 16.8 Å². The summed E-state index contributed by atoms with van der Waals surface area (Å²) in [6.45, 7) is 0. The Balaban J connectivity index is 1.65. The van der Waals surface area contributed by atoms with Gasteiger partial charge in [0.25, 0.3) is 11.5 Å². The second-order valence-corrected chi connectivity index (χ2v) is 7.46. The average Bonchev–Trinajstić information content (AvgIpc) is 2.71. The number of hydrogen-bond donors (Lipinski definition) is 4. The summed E-state index contributed by atoms with van der Waals surface area (Å²) in [5.74, 6) is -3.97. The van der Waals surface area contributed by atoms with Gasteiger partial charge in [-0.2, -0.15) is 0 Å². The Labute approximate surface area is 183 Å². The molecule has 3 aromatic rings. The lowest BCUT2D eigenvalue weighted by molar-refractivity contribution is -0.113. The molecular formula is C19H14ClF2N5O3S. The molecule has 0 saturated heterocycles. The molecule has 8 nitrogen and oxygen atoms in total. The molecule has 0 saturated carbocycles. The molecule has 12 heteroatoms. The Bertz CT molecular complexity index is 1220. The van der Waals surface area contributed by atoms with Crippen molar-refractivity contribution in [2.24, 2.45) is 0 Å². The lowest BCUT2D eigenvalue weighted by atomic mass is 10.2. The van der Waals surface area contributed by atoms with Crippen molar-refractivity contribution >= 4 is 52.4 Å². The van der Waals surface area contributed by atoms with Gasteiger partial charge in [-0.05, 0) is 36.4 Å². The largest absolute Gasteiger partial charge is 0.382 e. The van der Waals surface area contributed by atoms with Crippen molar-refractivity contribution in [2.75, 3.05) is 22.1 Å². The summed E-state index contributed by atoms with van der Waals surface area (Å²) in [6, 6.07) is 9.10. The van der Waals surface area contributed by atoms with Crippen LogP contribution in [0.15, 0.2) is 52.4 Å². The van der Waals surface area contributed by atoms with E-state index < -0.39 is 23.1 Å². The van der Waals surface area contributed by atoms with Crippen LogP contribution < -0.4 is 21.9 Å². The van der Waals surface area contributed by atoms with E-state index in [1.807, 2.05) is 0 Å². The number of carbonyl (C=O) groups is 2. The Kier molecular flexibility index (Phi) is 6.88. The molecule has 2 aromatic carbocycles. The smallest absolute Gasteiger partial charge is 0.277 e. The van der Waals surface area contributed by atoms with Crippen molar-refractivity contribution in [1.29, 1.82) is 0 Å². The standard InChI is InChI=1S/C19H14ClF2N5O3S/c20-10-2-1-3-11(7-10)24-14(28)8-31-19-26-16(23)15(18(30)27-19)25-17(29)9-4-5-12(21)13(22)6-9/h1-7H,8H2,(H,24,28)(H,25,29)(H3,23,26,27,30). The number of carbonyl (C=O) groups excluding carboxylic acids is 2. The van der Waals surface area contributed by atoms with Crippen LogP contribution >= 0.6 is 23.4 Å². The maximum Gasteiger partial charge on any atom is 0.277 e. The Morgan fingerprint density at radius 2 is 1.90 bits per heavy atom. The molecular weight excluding hydrogens is 452 g/mol. The molecule has 0 aliphatic heterocycles. The number of nitrogens with one attached hydrogen (secondary N) is 3. The van der Waals surface area contributed by atoms with Crippen molar-refractivity contribution in [3.63, 3.8) is 0 Å². The summed E-state index contributed by atoms with van der Waals surface area (Å²) < 4.78 is 26.3. The van der Waals surface area contributed by atoms with Gasteiger partial charge < -0.3 is 16.4 Å². The quantitative estimate of drug-likeness (QED) is 0.326. The van der Waals surface area contributed by atoms with Gasteiger partial charge in [-0.1, -0.05) is 29.4 Å². The zero-order valence-electron chi connectivity index (χ0n) is 15.5. The highest BCUT2D eigenvalue weighted by molar-refractivity contribution is 7.99. The molecule has 5 N–H and O–H groups in total. The van der Waals surface area contributed by atoms with Gasteiger partial charge in [0.2, 0.25) is 5.91 Å². The molecule has 0 bridgehead atoms. The summed E-state index contributed by atoms with van der Waals surface area (Å²) in [7, 11) is 0. The monoisotopic (exact) mass is 465 g/mol. The van der Waals surface area contributed by atoms with Crippen LogP contribution in [0.1, 0.15) is 10.4 Å². The topological polar surface area (TPSA) is 130 Å². The second-order valence-electron chi connectivity index (χ2n) is 6.06. The van der Waals surface area contributed by atoms with Crippen molar-refractivity contribution in [3.8, 4) is 0 Å².